The Kier molecular flexibility index (Phi) is 4.59. The van der Waals surface area contributed by atoms with Gasteiger partial charge in [-0.25, -0.2) is 9.78 Å². The second-order valence-corrected chi connectivity index (χ2v) is 7.62. The summed E-state index contributed by atoms with van der Waals surface area (Å²) in [6, 6.07) is 2.05. The summed E-state index contributed by atoms with van der Waals surface area (Å²) in [5.74, 6) is -0.154. The lowest BCUT2D eigenvalue weighted by molar-refractivity contribution is 0.0609. The summed E-state index contributed by atoms with van der Waals surface area (Å²) in [5.41, 5.74) is 0.101. The number of carbonyl (C=O) groups excluding carboxylic acids is 1. The van der Waals surface area contributed by atoms with Crippen LogP contribution in [0.1, 0.15) is 41.7 Å². The summed E-state index contributed by atoms with van der Waals surface area (Å²) in [7, 11) is 1.55. The minimum atomic E-state index is -0.558. The van der Waals surface area contributed by atoms with Gasteiger partial charge in [0.05, 0.1) is 10.9 Å². The SMILES string of the molecule is Cc1cc(C(=O)N2CCCC(N3CCCC3)C2)c2c(=O)[nH]c(=O)n(C)c2n1. The van der Waals surface area contributed by atoms with Crippen molar-refractivity contribution in [3.05, 3.63) is 38.2 Å². The maximum absolute atomic E-state index is 13.3. The number of amides is 1. The number of aryl methyl sites for hydroxylation is 2. The van der Waals surface area contributed by atoms with Gasteiger partial charge in [-0.1, -0.05) is 0 Å². The predicted molar refractivity (Wildman–Crippen MR) is 102 cm³/mol. The van der Waals surface area contributed by atoms with Gasteiger partial charge >= 0.3 is 5.69 Å². The van der Waals surface area contributed by atoms with Gasteiger partial charge in [0.25, 0.3) is 11.5 Å². The number of rotatable bonds is 2. The molecule has 27 heavy (non-hydrogen) atoms. The number of pyridine rings is 1. The third-order valence-corrected chi connectivity index (χ3v) is 5.77. The lowest BCUT2D eigenvalue weighted by atomic mass is 10.0. The first-order chi connectivity index (χ1) is 13.0. The fraction of sp³-hybridized carbons (Fsp3) is 0.579. The Hall–Kier alpha value is -2.48. The van der Waals surface area contributed by atoms with Gasteiger partial charge in [-0.15, -0.1) is 0 Å². The fourth-order valence-electron chi connectivity index (χ4n) is 4.35. The summed E-state index contributed by atoms with van der Waals surface area (Å²) in [5, 5.41) is 0.191. The van der Waals surface area contributed by atoms with Crippen LogP contribution in [-0.4, -0.2) is 62.5 Å². The summed E-state index contributed by atoms with van der Waals surface area (Å²) in [6.45, 7) is 5.35. The van der Waals surface area contributed by atoms with E-state index >= 15 is 0 Å². The molecule has 0 aromatic carbocycles. The Morgan fingerprint density at radius 1 is 1.19 bits per heavy atom. The van der Waals surface area contributed by atoms with Gasteiger partial charge in [-0.05, 0) is 51.8 Å². The molecule has 0 radical (unpaired) electrons. The van der Waals surface area contributed by atoms with Crippen LogP contribution in [0.3, 0.4) is 0 Å². The van der Waals surface area contributed by atoms with Crippen molar-refractivity contribution in [2.24, 2.45) is 7.05 Å². The van der Waals surface area contributed by atoms with Crippen LogP contribution in [0.2, 0.25) is 0 Å². The van der Waals surface area contributed by atoms with Gasteiger partial charge in [-0.3, -0.25) is 24.0 Å². The number of hydrogen-bond acceptors (Lipinski definition) is 5. The Morgan fingerprint density at radius 2 is 1.93 bits per heavy atom. The highest BCUT2D eigenvalue weighted by atomic mass is 16.2. The molecule has 8 heteroatoms. The van der Waals surface area contributed by atoms with Crippen LogP contribution in [0.4, 0.5) is 0 Å². The van der Waals surface area contributed by atoms with Crippen molar-refractivity contribution in [1.82, 2.24) is 24.3 Å². The smallest absolute Gasteiger partial charge is 0.329 e. The van der Waals surface area contributed by atoms with Crippen LogP contribution >= 0.6 is 0 Å². The molecule has 1 N–H and O–H groups in total. The first-order valence-corrected chi connectivity index (χ1v) is 9.59. The van der Waals surface area contributed by atoms with Gasteiger partial charge in [0.15, 0.2) is 0 Å². The average Bonchev–Trinajstić information content (AvgIpc) is 3.20. The highest BCUT2D eigenvalue weighted by Gasteiger charge is 2.31. The molecule has 144 valence electrons. The monoisotopic (exact) mass is 371 g/mol. The van der Waals surface area contributed by atoms with E-state index in [0.717, 1.165) is 25.9 Å². The molecule has 1 unspecified atom stereocenters. The number of nitrogens with one attached hydrogen (secondary N) is 1. The number of likely N-dealkylation sites (tertiary alicyclic amines) is 2. The first-order valence-electron chi connectivity index (χ1n) is 9.59. The van der Waals surface area contributed by atoms with Crippen LogP contribution in [0.15, 0.2) is 15.7 Å². The lowest BCUT2D eigenvalue weighted by Crippen LogP contribution is -2.49. The first kappa shape index (κ1) is 17.9. The molecule has 2 saturated heterocycles. The quantitative estimate of drug-likeness (QED) is 0.836. The molecule has 8 nitrogen and oxygen atoms in total. The molecule has 2 aromatic heterocycles. The molecule has 0 aliphatic carbocycles. The molecule has 4 rings (SSSR count). The van der Waals surface area contributed by atoms with Gasteiger partial charge in [-0.2, -0.15) is 0 Å². The van der Waals surface area contributed by atoms with E-state index in [9.17, 15) is 14.4 Å². The maximum atomic E-state index is 13.3. The zero-order chi connectivity index (χ0) is 19.1. The van der Waals surface area contributed by atoms with Crippen molar-refractivity contribution in [3.63, 3.8) is 0 Å². The lowest BCUT2D eigenvalue weighted by Gasteiger charge is -2.37. The number of H-pyrrole nitrogens is 1. The summed E-state index contributed by atoms with van der Waals surface area (Å²) < 4.78 is 1.28. The molecule has 2 fully saturated rings. The molecule has 2 aliphatic heterocycles. The molecule has 2 aliphatic rings. The van der Waals surface area contributed by atoms with Crippen molar-refractivity contribution in [2.75, 3.05) is 26.2 Å². The van der Waals surface area contributed by atoms with Gasteiger partial charge in [0.2, 0.25) is 0 Å². The molecule has 0 saturated carbocycles. The number of fused-ring (bicyclic) bond motifs is 1. The predicted octanol–water partition coefficient (Wildman–Crippen LogP) is 0.631. The molecule has 1 atom stereocenters. The molecular formula is C19H25N5O3. The Bertz CT molecular complexity index is 1000. The minimum absolute atomic E-state index is 0.154. The van der Waals surface area contributed by atoms with Crippen LogP contribution in [0.5, 0.6) is 0 Å². The standard InChI is InChI=1S/C19H25N5O3/c1-12-10-14(15-16(20-12)22(2)19(27)21-17(15)25)18(26)24-9-5-6-13(11-24)23-7-3-4-8-23/h10,13H,3-9,11H2,1-2H3,(H,21,25,27). The topological polar surface area (TPSA) is 91.3 Å². The Morgan fingerprint density at radius 3 is 2.67 bits per heavy atom. The van der Waals surface area contributed by atoms with Crippen LogP contribution in [0, 0.1) is 6.92 Å². The van der Waals surface area contributed by atoms with Crippen molar-refractivity contribution < 1.29 is 4.79 Å². The van der Waals surface area contributed by atoms with E-state index in [1.54, 1.807) is 20.0 Å². The van der Waals surface area contributed by atoms with E-state index in [1.165, 1.54) is 17.4 Å². The number of nitrogens with zero attached hydrogens (tertiary/aromatic N) is 4. The van der Waals surface area contributed by atoms with Gasteiger partial charge in [0.1, 0.15) is 5.65 Å². The molecule has 0 spiro atoms. The third kappa shape index (κ3) is 3.18. The van der Waals surface area contributed by atoms with E-state index in [0.29, 0.717) is 30.4 Å². The third-order valence-electron chi connectivity index (χ3n) is 5.77. The van der Waals surface area contributed by atoms with E-state index in [-0.39, 0.29) is 16.9 Å². The molecule has 0 bridgehead atoms. The van der Waals surface area contributed by atoms with Gasteiger partial charge in [0, 0.05) is 31.9 Å². The second-order valence-electron chi connectivity index (χ2n) is 7.62. The van der Waals surface area contributed by atoms with Crippen molar-refractivity contribution in [2.45, 2.75) is 38.6 Å². The van der Waals surface area contributed by atoms with Crippen molar-refractivity contribution in [1.29, 1.82) is 0 Å². The van der Waals surface area contributed by atoms with E-state index in [1.807, 2.05) is 4.90 Å². The van der Waals surface area contributed by atoms with E-state index in [4.69, 9.17) is 0 Å². The normalized spacial score (nSPS) is 21.1. The van der Waals surface area contributed by atoms with Crippen molar-refractivity contribution in [3.8, 4) is 0 Å². The van der Waals surface area contributed by atoms with Crippen LogP contribution < -0.4 is 11.2 Å². The summed E-state index contributed by atoms with van der Waals surface area (Å²) in [6.07, 6.45) is 4.52. The zero-order valence-corrected chi connectivity index (χ0v) is 15.8. The number of carbonyl (C=O) groups is 1. The van der Waals surface area contributed by atoms with Crippen LogP contribution in [-0.2, 0) is 7.05 Å². The summed E-state index contributed by atoms with van der Waals surface area (Å²) in [4.78, 5) is 48.6. The zero-order valence-electron chi connectivity index (χ0n) is 15.8. The largest absolute Gasteiger partial charge is 0.337 e. The van der Waals surface area contributed by atoms with Crippen LogP contribution in [0.25, 0.3) is 11.0 Å². The molecule has 2 aromatic rings. The second kappa shape index (κ2) is 6.92. The number of aromatic amines is 1. The highest BCUT2D eigenvalue weighted by Crippen LogP contribution is 2.23. The molecule has 1 amide bonds. The molecular weight excluding hydrogens is 346 g/mol. The van der Waals surface area contributed by atoms with E-state index < -0.39 is 11.2 Å². The minimum Gasteiger partial charge on any atom is -0.337 e. The van der Waals surface area contributed by atoms with Crippen molar-refractivity contribution >= 4 is 16.9 Å². The number of hydrogen-bond donors (Lipinski definition) is 1. The van der Waals surface area contributed by atoms with Gasteiger partial charge < -0.3 is 4.90 Å². The Balaban J connectivity index is 1.73. The molecule has 4 heterocycles. The maximum Gasteiger partial charge on any atom is 0.329 e. The number of piperidine rings is 1. The fourth-order valence-corrected chi connectivity index (χ4v) is 4.35. The van der Waals surface area contributed by atoms with E-state index in [2.05, 4.69) is 14.9 Å². The summed E-state index contributed by atoms with van der Waals surface area (Å²) >= 11 is 0. The highest BCUT2D eigenvalue weighted by molar-refractivity contribution is 6.05. The number of aromatic nitrogens is 3. The average molecular weight is 371 g/mol. The Labute approximate surface area is 156 Å².